The van der Waals surface area contributed by atoms with Crippen molar-refractivity contribution in [1.82, 2.24) is 9.88 Å². The molecule has 0 saturated carbocycles. The molecule has 0 aromatic carbocycles. The van der Waals surface area contributed by atoms with Crippen molar-refractivity contribution >= 4 is 11.9 Å². The van der Waals surface area contributed by atoms with E-state index >= 15 is 0 Å². The highest BCUT2D eigenvalue weighted by molar-refractivity contribution is 6.02. The quantitative estimate of drug-likeness (QED) is 0.701. The average Bonchev–Trinajstić information content (AvgIpc) is 2.61. The Kier molecular flexibility index (Phi) is 4.57. The number of piperidine rings is 1. The number of amidine groups is 1. The van der Waals surface area contributed by atoms with Gasteiger partial charge in [-0.05, 0) is 31.4 Å². The molecule has 1 aromatic heterocycles. The molecule has 0 bridgehead atoms. The molecular formula is C15H14F6N4O. The van der Waals surface area contributed by atoms with E-state index in [9.17, 15) is 26.3 Å². The first-order chi connectivity index (χ1) is 12.1. The minimum absolute atomic E-state index is 0.102. The van der Waals surface area contributed by atoms with E-state index in [1.54, 1.807) is 0 Å². The fourth-order valence-electron chi connectivity index (χ4n) is 2.69. The maximum atomic E-state index is 13.5. The molecule has 0 amide bonds. The zero-order valence-corrected chi connectivity index (χ0v) is 13.3. The highest BCUT2D eigenvalue weighted by Gasteiger charge is 2.74. The second-order valence-corrected chi connectivity index (χ2v) is 5.87. The molecule has 11 heteroatoms. The van der Waals surface area contributed by atoms with E-state index in [2.05, 4.69) is 15.0 Å². The van der Waals surface area contributed by atoms with Crippen LogP contribution in [0.5, 0.6) is 0 Å². The molecule has 1 aromatic rings. The van der Waals surface area contributed by atoms with Crippen molar-refractivity contribution in [3.05, 3.63) is 30.1 Å². The maximum Gasteiger partial charge on any atom is 0.443 e. The van der Waals surface area contributed by atoms with E-state index in [1.807, 2.05) is 0 Å². The number of nitrogens with zero attached hydrogens (tertiary/aromatic N) is 4. The molecule has 0 N–H and O–H groups in total. The number of ether oxygens (including phenoxy) is 1. The average molecular weight is 380 g/mol. The van der Waals surface area contributed by atoms with Crippen LogP contribution < -0.4 is 0 Å². The molecule has 2 aliphatic rings. The lowest BCUT2D eigenvalue weighted by atomic mass is 10.1. The lowest BCUT2D eigenvalue weighted by Crippen LogP contribution is -2.58. The van der Waals surface area contributed by atoms with Gasteiger partial charge >= 0.3 is 18.0 Å². The first-order valence-corrected chi connectivity index (χ1v) is 7.80. The molecule has 1 fully saturated rings. The van der Waals surface area contributed by atoms with Gasteiger partial charge in [-0.2, -0.15) is 31.3 Å². The molecule has 5 nitrogen and oxygen atoms in total. The second-order valence-electron chi connectivity index (χ2n) is 5.87. The molecule has 0 atom stereocenters. The normalized spacial score (nSPS) is 20.9. The van der Waals surface area contributed by atoms with Crippen LogP contribution in [-0.4, -0.2) is 52.9 Å². The summed E-state index contributed by atoms with van der Waals surface area (Å²) in [5.41, 5.74) is -4.72. The van der Waals surface area contributed by atoms with Crippen LogP contribution in [0.4, 0.5) is 26.3 Å². The molecule has 0 unspecified atom stereocenters. The largest absolute Gasteiger partial charge is 0.443 e. The lowest BCUT2D eigenvalue weighted by molar-refractivity contribution is -0.293. The summed E-state index contributed by atoms with van der Waals surface area (Å²) >= 11 is 0. The topological polar surface area (TPSA) is 50.1 Å². The third-order valence-corrected chi connectivity index (χ3v) is 4.03. The predicted molar refractivity (Wildman–Crippen MR) is 79.6 cm³/mol. The van der Waals surface area contributed by atoms with Crippen molar-refractivity contribution in [2.75, 3.05) is 13.1 Å². The van der Waals surface area contributed by atoms with Crippen molar-refractivity contribution < 1.29 is 31.1 Å². The Balaban J connectivity index is 2.14. The summed E-state index contributed by atoms with van der Waals surface area (Å²) in [5, 5.41) is 0. The van der Waals surface area contributed by atoms with E-state index in [4.69, 9.17) is 4.74 Å². The third-order valence-electron chi connectivity index (χ3n) is 4.03. The van der Waals surface area contributed by atoms with Gasteiger partial charge in [0, 0.05) is 25.5 Å². The SMILES string of the molecule is FC(F)(F)C1(C(F)(F)F)N=C(c2cccnc2)OC(N2CCCCC2)=N1. The second kappa shape index (κ2) is 6.44. The zero-order chi connectivity index (χ0) is 19.0. The van der Waals surface area contributed by atoms with Crippen molar-refractivity contribution in [1.29, 1.82) is 0 Å². The lowest BCUT2D eigenvalue weighted by Gasteiger charge is -2.37. The third kappa shape index (κ3) is 3.21. The fourth-order valence-corrected chi connectivity index (χ4v) is 2.69. The minimum atomic E-state index is -5.79. The van der Waals surface area contributed by atoms with Gasteiger partial charge in [0.1, 0.15) is 0 Å². The highest BCUT2D eigenvalue weighted by Crippen LogP contribution is 2.48. The molecule has 1 saturated heterocycles. The monoisotopic (exact) mass is 380 g/mol. The zero-order valence-electron chi connectivity index (χ0n) is 13.3. The predicted octanol–water partition coefficient (Wildman–Crippen LogP) is 3.52. The van der Waals surface area contributed by atoms with Gasteiger partial charge in [0.15, 0.2) is 0 Å². The van der Waals surface area contributed by atoms with Crippen LogP contribution in [0.25, 0.3) is 0 Å². The van der Waals surface area contributed by atoms with Crippen molar-refractivity contribution in [2.45, 2.75) is 37.3 Å². The first-order valence-electron chi connectivity index (χ1n) is 7.80. The summed E-state index contributed by atoms with van der Waals surface area (Å²) in [4.78, 5) is 10.8. The molecule has 3 rings (SSSR count). The standard InChI is InChI=1S/C15H14F6N4O/c16-14(17,18)13(15(19,20)21)23-11(10-5-4-6-22-9-10)26-12(24-13)25-7-2-1-3-8-25/h4-6,9H,1-3,7-8H2. The Morgan fingerprint density at radius 1 is 0.962 bits per heavy atom. The Morgan fingerprint density at radius 2 is 1.62 bits per heavy atom. The summed E-state index contributed by atoms with van der Waals surface area (Å²) < 4.78 is 86.2. The fraction of sp³-hybridized carbons (Fsp3) is 0.533. The van der Waals surface area contributed by atoms with Gasteiger partial charge in [0.25, 0.3) is 6.02 Å². The van der Waals surface area contributed by atoms with Gasteiger partial charge < -0.3 is 9.64 Å². The first kappa shape index (κ1) is 18.5. The van der Waals surface area contributed by atoms with Gasteiger partial charge in [0.05, 0.1) is 5.56 Å². The molecule has 0 radical (unpaired) electrons. The Bertz CT molecular complexity index is 693. The van der Waals surface area contributed by atoms with Crippen molar-refractivity contribution in [3.63, 3.8) is 0 Å². The van der Waals surface area contributed by atoms with Crippen LogP contribution in [0.1, 0.15) is 24.8 Å². The molecule has 26 heavy (non-hydrogen) atoms. The van der Waals surface area contributed by atoms with Crippen LogP contribution in [-0.2, 0) is 4.74 Å². The van der Waals surface area contributed by atoms with E-state index in [0.29, 0.717) is 12.8 Å². The number of alkyl halides is 6. The van der Waals surface area contributed by atoms with Gasteiger partial charge in [-0.1, -0.05) is 0 Å². The summed E-state index contributed by atoms with van der Waals surface area (Å²) in [5.74, 6) is -0.816. The van der Waals surface area contributed by atoms with Crippen molar-refractivity contribution in [3.8, 4) is 0 Å². The number of hydrogen-bond acceptors (Lipinski definition) is 5. The molecule has 3 heterocycles. The number of likely N-dealkylation sites (tertiary alicyclic amines) is 1. The Morgan fingerprint density at radius 3 is 2.15 bits per heavy atom. The number of aliphatic imine (C=N–C) groups is 2. The van der Waals surface area contributed by atoms with Crippen molar-refractivity contribution in [2.24, 2.45) is 9.98 Å². The summed E-state index contributed by atoms with van der Waals surface area (Å²) in [7, 11) is 0. The Labute approximate surface area is 144 Å². The summed E-state index contributed by atoms with van der Waals surface area (Å²) in [6.07, 6.45) is -7.10. The highest BCUT2D eigenvalue weighted by atomic mass is 19.4. The smallest absolute Gasteiger partial charge is 0.406 e. The van der Waals surface area contributed by atoms with Gasteiger partial charge in [-0.15, -0.1) is 0 Å². The van der Waals surface area contributed by atoms with Crippen LogP contribution in [0, 0.1) is 0 Å². The molecule has 2 aliphatic heterocycles. The van der Waals surface area contributed by atoms with Gasteiger partial charge in [-0.25, -0.2) is 4.99 Å². The van der Waals surface area contributed by atoms with Crippen LogP contribution in [0.3, 0.4) is 0 Å². The number of halogens is 6. The minimum Gasteiger partial charge on any atom is -0.406 e. The maximum absolute atomic E-state index is 13.5. The summed E-state index contributed by atoms with van der Waals surface area (Å²) in [6.45, 7) is 0.510. The number of aromatic nitrogens is 1. The van der Waals surface area contributed by atoms with E-state index in [1.165, 1.54) is 23.2 Å². The van der Waals surface area contributed by atoms with Crippen LogP contribution in [0.2, 0.25) is 0 Å². The summed E-state index contributed by atoms with van der Waals surface area (Å²) in [6, 6.07) is 1.90. The van der Waals surface area contributed by atoms with Gasteiger partial charge in [-0.3, -0.25) is 4.98 Å². The van der Waals surface area contributed by atoms with Crippen LogP contribution >= 0.6 is 0 Å². The van der Waals surface area contributed by atoms with E-state index in [0.717, 1.165) is 12.6 Å². The molecule has 0 spiro atoms. The number of hydrogen-bond donors (Lipinski definition) is 0. The number of rotatable bonds is 1. The van der Waals surface area contributed by atoms with Gasteiger partial charge in [0.2, 0.25) is 5.90 Å². The number of pyridine rings is 1. The van der Waals surface area contributed by atoms with Crippen LogP contribution in [0.15, 0.2) is 34.5 Å². The van der Waals surface area contributed by atoms with E-state index < -0.39 is 29.9 Å². The molecule has 0 aliphatic carbocycles. The Hall–Kier alpha value is -2.33. The molecular weight excluding hydrogens is 366 g/mol. The van der Waals surface area contributed by atoms with E-state index in [-0.39, 0.29) is 18.7 Å². The molecule has 142 valence electrons.